The molecular formula is C14H17ClN2O2. The second-order valence-electron chi connectivity index (χ2n) is 4.81. The number of rotatable bonds is 3. The van der Waals surface area contributed by atoms with Crippen molar-refractivity contribution in [2.75, 3.05) is 33.2 Å². The lowest BCUT2D eigenvalue weighted by Crippen LogP contribution is -2.37. The van der Waals surface area contributed by atoms with Gasteiger partial charge < -0.3 is 4.90 Å². The number of ketones is 1. The minimum atomic E-state index is 0.0222. The first-order chi connectivity index (χ1) is 9.06. The molecule has 1 aromatic rings. The summed E-state index contributed by atoms with van der Waals surface area (Å²) in [5, 5.41) is 0.614. The number of halogens is 1. The fourth-order valence-corrected chi connectivity index (χ4v) is 2.24. The Morgan fingerprint density at radius 2 is 1.95 bits per heavy atom. The van der Waals surface area contributed by atoms with Gasteiger partial charge in [0.15, 0.2) is 5.78 Å². The van der Waals surface area contributed by atoms with E-state index in [-0.39, 0.29) is 18.2 Å². The molecule has 1 fully saturated rings. The average Bonchev–Trinajstić information content (AvgIpc) is 2.53. The molecule has 0 radical (unpaired) electrons. The molecule has 1 aliphatic heterocycles. The van der Waals surface area contributed by atoms with Gasteiger partial charge >= 0.3 is 0 Å². The SMILES string of the molecule is CN1CCCN(CC(=O)c2ccc(Cl)cc2)CC1=O. The number of carbonyl (C=O) groups is 2. The molecule has 5 heteroatoms. The second-order valence-corrected chi connectivity index (χ2v) is 5.25. The lowest BCUT2D eigenvalue weighted by atomic mass is 10.1. The quantitative estimate of drug-likeness (QED) is 0.791. The van der Waals surface area contributed by atoms with Gasteiger partial charge in [0.1, 0.15) is 0 Å². The highest BCUT2D eigenvalue weighted by atomic mass is 35.5. The fraction of sp³-hybridized carbons (Fsp3) is 0.429. The molecule has 0 aliphatic carbocycles. The maximum Gasteiger partial charge on any atom is 0.236 e. The van der Waals surface area contributed by atoms with Crippen LogP contribution in [0.5, 0.6) is 0 Å². The number of amides is 1. The molecule has 102 valence electrons. The topological polar surface area (TPSA) is 40.6 Å². The van der Waals surface area contributed by atoms with Gasteiger partial charge in [0.25, 0.3) is 0 Å². The number of hydrogen-bond acceptors (Lipinski definition) is 3. The first-order valence-corrected chi connectivity index (χ1v) is 6.69. The van der Waals surface area contributed by atoms with Crippen LogP contribution in [0.2, 0.25) is 5.02 Å². The molecule has 0 saturated carbocycles. The summed E-state index contributed by atoms with van der Waals surface area (Å²) in [4.78, 5) is 27.5. The number of hydrogen-bond donors (Lipinski definition) is 0. The second kappa shape index (κ2) is 6.17. The Hall–Kier alpha value is -1.39. The first-order valence-electron chi connectivity index (χ1n) is 6.31. The van der Waals surface area contributed by atoms with E-state index < -0.39 is 0 Å². The maximum atomic E-state index is 12.1. The highest BCUT2D eigenvalue weighted by molar-refractivity contribution is 6.30. The number of nitrogens with zero attached hydrogens (tertiary/aromatic N) is 2. The zero-order valence-electron chi connectivity index (χ0n) is 10.9. The third-order valence-electron chi connectivity index (χ3n) is 3.29. The van der Waals surface area contributed by atoms with Crippen LogP contribution >= 0.6 is 11.6 Å². The van der Waals surface area contributed by atoms with Gasteiger partial charge in [0, 0.05) is 30.7 Å². The lowest BCUT2D eigenvalue weighted by Gasteiger charge is -2.18. The van der Waals surface area contributed by atoms with Crippen molar-refractivity contribution in [3.63, 3.8) is 0 Å². The molecule has 1 aromatic carbocycles. The fourth-order valence-electron chi connectivity index (χ4n) is 2.11. The van der Waals surface area contributed by atoms with E-state index in [0.717, 1.165) is 19.5 Å². The summed E-state index contributed by atoms with van der Waals surface area (Å²) >= 11 is 5.79. The molecule has 1 saturated heterocycles. The van der Waals surface area contributed by atoms with Crippen molar-refractivity contribution in [1.29, 1.82) is 0 Å². The van der Waals surface area contributed by atoms with Crippen LogP contribution in [0.4, 0.5) is 0 Å². The van der Waals surface area contributed by atoms with E-state index in [1.807, 2.05) is 4.90 Å². The van der Waals surface area contributed by atoms with Gasteiger partial charge in [-0.15, -0.1) is 0 Å². The Labute approximate surface area is 117 Å². The van der Waals surface area contributed by atoms with Crippen LogP contribution in [-0.4, -0.2) is 54.7 Å². The lowest BCUT2D eigenvalue weighted by molar-refractivity contribution is -0.129. The summed E-state index contributed by atoms with van der Waals surface area (Å²) in [6.45, 7) is 2.12. The minimum Gasteiger partial charge on any atom is -0.345 e. The highest BCUT2D eigenvalue weighted by Crippen LogP contribution is 2.11. The molecule has 1 heterocycles. The molecule has 19 heavy (non-hydrogen) atoms. The monoisotopic (exact) mass is 280 g/mol. The molecule has 0 N–H and O–H groups in total. The van der Waals surface area contributed by atoms with Crippen LogP contribution in [0.3, 0.4) is 0 Å². The van der Waals surface area contributed by atoms with Crippen LogP contribution in [-0.2, 0) is 4.79 Å². The van der Waals surface area contributed by atoms with Gasteiger partial charge in [-0.05, 0) is 30.7 Å². The molecule has 0 bridgehead atoms. The van der Waals surface area contributed by atoms with E-state index in [4.69, 9.17) is 11.6 Å². The third-order valence-corrected chi connectivity index (χ3v) is 3.54. The van der Waals surface area contributed by atoms with Crippen molar-refractivity contribution >= 4 is 23.3 Å². The molecule has 4 nitrogen and oxygen atoms in total. The van der Waals surface area contributed by atoms with Crippen molar-refractivity contribution in [3.8, 4) is 0 Å². The smallest absolute Gasteiger partial charge is 0.236 e. The van der Waals surface area contributed by atoms with Crippen LogP contribution in [0.15, 0.2) is 24.3 Å². The maximum absolute atomic E-state index is 12.1. The first kappa shape index (κ1) is 14.0. The van der Waals surface area contributed by atoms with E-state index in [1.165, 1.54) is 0 Å². The van der Waals surface area contributed by atoms with Crippen LogP contribution in [0.1, 0.15) is 16.8 Å². The van der Waals surface area contributed by atoms with Crippen molar-refractivity contribution < 1.29 is 9.59 Å². The summed E-state index contributed by atoms with van der Waals surface area (Å²) in [5.41, 5.74) is 0.634. The molecule has 0 unspecified atom stereocenters. The Kier molecular flexibility index (Phi) is 4.56. The molecule has 0 spiro atoms. The zero-order valence-corrected chi connectivity index (χ0v) is 11.7. The number of Topliss-reactive ketones (excluding diaryl/α,β-unsaturated/α-hetero) is 1. The summed E-state index contributed by atoms with van der Waals surface area (Å²) in [6, 6.07) is 6.85. The van der Waals surface area contributed by atoms with Crippen molar-refractivity contribution in [1.82, 2.24) is 9.80 Å². The third kappa shape index (κ3) is 3.78. The largest absolute Gasteiger partial charge is 0.345 e. The van der Waals surface area contributed by atoms with Crippen LogP contribution in [0.25, 0.3) is 0 Å². The molecule has 0 aromatic heterocycles. The zero-order chi connectivity index (χ0) is 13.8. The predicted molar refractivity (Wildman–Crippen MR) is 74.5 cm³/mol. The molecule has 1 amide bonds. The van der Waals surface area contributed by atoms with E-state index in [9.17, 15) is 9.59 Å². The summed E-state index contributed by atoms with van der Waals surface area (Å²) in [5.74, 6) is 0.0930. The molecule has 2 rings (SSSR count). The Morgan fingerprint density at radius 1 is 1.26 bits per heavy atom. The van der Waals surface area contributed by atoms with E-state index in [0.29, 0.717) is 17.1 Å². The van der Waals surface area contributed by atoms with Crippen molar-refractivity contribution in [2.45, 2.75) is 6.42 Å². The van der Waals surface area contributed by atoms with Crippen LogP contribution < -0.4 is 0 Å². The van der Waals surface area contributed by atoms with Gasteiger partial charge in [-0.3, -0.25) is 14.5 Å². The van der Waals surface area contributed by atoms with Crippen molar-refractivity contribution in [2.24, 2.45) is 0 Å². The number of likely N-dealkylation sites (N-methyl/N-ethyl adjacent to an activating group) is 1. The summed E-state index contributed by atoms with van der Waals surface area (Å²) in [6.07, 6.45) is 0.899. The highest BCUT2D eigenvalue weighted by Gasteiger charge is 2.21. The normalized spacial score (nSPS) is 17.4. The van der Waals surface area contributed by atoms with E-state index >= 15 is 0 Å². The summed E-state index contributed by atoms with van der Waals surface area (Å²) in [7, 11) is 1.80. The number of benzene rings is 1. The standard InChI is InChI=1S/C14H17ClN2O2/c1-16-7-2-8-17(10-14(16)19)9-13(18)11-3-5-12(15)6-4-11/h3-6H,2,7-10H2,1H3. The van der Waals surface area contributed by atoms with E-state index in [1.54, 1.807) is 36.2 Å². The van der Waals surface area contributed by atoms with Gasteiger partial charge in [0.05, 0.1) is 13.1 Å². The van der Waals surface area contributed by atoms with Crippen LogP contribution in [0, 0.1) is 0 Å². The predicted octanol–water partition coefficient (Wildman–Crippen LogP) is 1.69. The Bertz CT molecular complexity index is 473. The van der Waals surface area contributed by atoms with Crippen molar-refractivity contribution in [3.05, 3.63) is 34.9 Å². The Morgan fingerprint density at radius 3 is 2.63 bits per heavy atom. The van der Waals surface area contributed by atoms with Gasteiger partial charge in [-0.25, -0.2) is 0 Å². The summed E-state index contributed by atoms with van der Waals surface area (Å²) < 4.78 is 0. The number of carbonyl (C=O) groups excluding carboxylic acids is 2. The molecule has 1 aliphatic rings. The molecular weight excluding hydrogens is 264 g/mol. The minimum absolute atomic E-state index is 0.0222. The molecule has 0 atom stereocenters. The van der Waals surface area contributed by atoms with Gasteiger partial charge in [-0.1, -0.05) is 11.6 Å². The van der Waals surface area contributed by atoms with Gasteiger partial charge in [0.2, 0.25) is 5.91 Å². The van der Waals surface area contributed by atoms with Gasteiger partial charge in [-0.2, -0.15) is 0 Å². The Balaban J connectivity index is 1.98. The van der Waals surface area contributed by atoms with E-state index in [2.05, 4.69) is 0 Å². The average molecular weight is 281 g/mol.